The molecule has 8 rings (SSSR count). The second-order valence-electron chi connectivity index (χ2n) is 12.6. The highest BCUT2D eigenvalue weighted by Gasteiger charge is 2.47. The van der Waals surface area contributed by atoms with Crippen molar-refractivity contribution in [2.75, 3.05) is 13.7 Å². The summed E-state index contributed by atoms with van der Waals surface area (Å²) in [7, 11) is 3.67. The van der Waals surface area contributed by atoms with Gasteiger partial charge in [-0.2, -0.15) is 0 Å². The van der Waals surface area contributed by atoms with Crippen LogP contribution in [-0.4, -0.2) is 55.6 Å². The number of carbonyl (C=O) groups is 1. The van der Waals surface area contributed by atoms with Crippen molar-refractivity contribution >= 4 is 28.0 Å². The third kappa shape index (κ3) is 4.24. The van der Waals surface area contributed by atoms with Crippen LogP contribution in [0.3, 0.4) is 0 Å². The van der Waals surface area contributed by atoms with Crippen molar-refractivity contribution in [2.45, 2.75) is 50.9 Å². The molecule has 2 aliphatic carbocycles. The van der Waals surface area contributed by atoms with Gasteiger partial charge < -0.3 is 30.2 Å². The second-order valence-corrected chi connectivity index (χ2v) is 12.6. The predicted molar refractivity (Wildman–Crippen MR) is 168 cm³/mol. The van der Waals surface area contributed by atoms with Gasteiger partial charge in [0.25, 0.3) is 5.91 Å². The quantitative estimate of drug-likeness (QED) is 0.291. The van der Waals surface area contributed by atoms with E-state index in [-0.39, 0.29) is 18.0 Å². The number of pyridine rings is 1. The molecular weight excluding hydrogens is 538 g/mol. The number of hydrogen-bond acceptors (Lipinski definition) is 6. The molecule has 3 fully saturated rings. The van der Waals surface area contributed by atoms with Crippen LogP contribution in [0.2, 0.25) is 0 Å². The van der Waals surface area contributed by atoms with Crippen molar-refractivity contribution in [3.8, 4) is 28.5 Å². The highest BCUT2D eigenvalue weighted by atomic mass is 16.5. The first-order valence-electron chi connectivity index (χ1n) is 15.3. The van der Waals surface area contributed by atoms with E-state index in [1.165, 1.54) is 12.8 Å². The van der Waals surface area contributed by atoms with Crippen molar-refractivity contribution in [1.82, 2.24) is 24.0 Å². The monoisotopic (exact) mass is 575 g/mol. The molecule has 2 bridgehead atoms. The average molecular weight is 576 g/mol. The Labute approximate surface area is 250 Å². The number of carbonyl (C=O) groups excluding carboxylic acids is 1. The van der Waals surface area contributed by atoms with E-state index in [9.17, 15) is 4.79 Å². The summed E-state index contributed by atoms with van der Waals surface area (Å²) in [5, 5.41) is 1.08. The number of nitrogens with two attached hydrogens (primary N) is 2. The fourth-order valence-corrected chi connectivity index (χ4v) is 7.29. The smallest absolute Gasteiger partial charge is 0.254 e. The lowest BCUT2D eigenvalue weighted by Crippen LogP contribution is -2.41. The van der Waals surface area contributed by atoms with Gasteiger partial charge in [0.15, 0.2) is 5.82 Å². The lowest BCUT2D eigenvalue weighted by atomic mass is 10.1. The van der Waals surface area contributed by atoms with Crippen LogP contribution in [0.15, 0.2) is 54.6 Å². The Balaban J connectivity index is 1.23. The van der Waals surface area contributed by atoms with Gasteiger partial charge in [-0.25, -0.2) is 9.97 Å². The number of amides is 1. The van der Waals surface area contributed by atoms with Gasteiger partial charge in [0, 0.05) is 55.3 Å². The Morgan fingerprint density at radius 1 is 1.02 bits per heavy atom. The molecule has 2 saturated carbocycles. The first-order chi connectivity index (χ1) is 20.9. The van der Waals surface area contributed by atoms with Crippen LogP contribution in [0.5, 0.6) is 5.75 Å². The van der Waals surface area contributed by atoms with E-state index in [1.807, 2.05) is 24.1 Å². The molecule has 1 aliphatic heterocycles. The molecule has 5 aromatic rings. The Kier molecular flexibility index (Phi) is 6.10. The maximum atomic E-state index is 13.7. The summed E-state index contributed by atoms with van der Waals surface area (Å²) in [5.41, 5.74) is 19.5. The summed E-state index contributed by atoms with van der Waals surface area (Å²) in [4.78, 5) is 26.0. The molecule has 3 aromatic heterocycles. The molecule has 43 heavy (non-hydrogen) atoms. The van der Waals surface area contributed by atoms with Gasteiger partial charge in [0.05, 0.1) is 24.0 Å². The molecule has 0 spiro atoms. The van der Waals surface area contributed by atoms with Crippen LogP contribution in [0.4, 0.5) is 0 Å². The van der Waals surface area contributed by atoms with E-state index >= 15 is 0 Å². The highest BCUT2D eigenvalue weighted by molar-refractivity contribution is 6.00. The number of aromatic nitrogens is 4. The number of likely N-dealkylation sites (tertiary alicyclic amines) is 1. The summed E-state index contributed by atoms with van der Waals surface area (Å²) in [5.74, 6) is 2.51. The van der Waals surface area contributed by atoms with E-state index in [4.69, 9.17) is 26.2 Å². The molecule has 9 heteroatoms. The summed E-state index contributed by atoms with van der Waals surface area (Å²) >= 11 is 0. The van der Waals surface area contributed by atoms with Gasteiger partial charge in [-0.05, 0) is 73.4 Å². The number of nitrogens with zero attached hydrogens (tertiary/aromatic N) is 5. The zero-order chi connectivity index (χ0) is 29.4. The Hall–Kier alpha value is -4.21. The van der Waals surface area contributed by atoms with Crippen LogP contribution in [0.25, 0.3) is 44.8 Å². The molecule has 9 nitrogen and oxygen atoms in total. The molecule has 4 heterocycles. The molecule has 4 N–H and O–H groups in total. The first-order valence-corrected chi connectivity index (χ1v) is 15.3. The molecule has 2 aromatic carbocycles. The van der Waals surface area contributed by atoms with Crippen molar-refractivity contribution in [3.05, 3.63) is 65.7 Å². The minimum Gasteiger partial charge on any atom is -0.494 e. The zero-order valence-electron chi connectivity index (χ0n) is 24.7. The van der Waals surface area contributed by atoms with Crippen LogP contribution in [-0.2, 0) is 20.1 Å². The van der Waals surface area contributed by atoms with E-state index in [0.717, 1.165) is 76.3 Å². The minimum atomic E-state index is 0.00845. The van der Waals surface area contributed by atoms with Gasteiger partial charge >= 0.3 is 0 Å². The van der Waals surface area contributed by atoms with Crippen molar-refractivity contribution in [2.24, 2.45) is 30.4 Å². The normalized spacial score (nSPS) is 21.4. The molecule has 3 aliphatic rings. The van der Waals surface area contributed by atoms with E-state index in [2.05, 4.69) is 51.6 Å². The summed E-state index contributed by atoms with van der Waals surface area (Å²) < 4.78 is 10.3. The van der Waals surface area contributed by atoms with Gasteiger partial charge in [0.2, 0.25) is 0 Å². The first kappa shape index (κ1) is 26.4. The number of fused-ring (bicyclic) bond motifs is 4. The lowest BCUT2D eigenvalue weighted by molar-refractivity contribution is 0.0700. The molecule has 0 radical (unpaired) electrons. The topological polar surface area (TPSA) is 117 Å². The summed E-state index contributed by atoms with van der Waals surface area (Å²) in [6.45, 7) is 2.14. The summed E-state index contributed by atoms with van der Waals surface area (Å²) in [6.07, 6.45) is 4.53. The van der Waals surface area contributed by atoms with E-state index in [1.54, 1.807) is 7.11 Å². The van der Waals surface area contributed by atoms with Crippen LogP contribution < -0.4 is 16.2 Å². The maximum absolute atomic E-state index is 13.7. The average Bonchev–Trinajstić information content (AvgIpc) is 3.44. The number of ether oxygens (including phenoxy) is 1. The zero-order valence-corrected chi connectivity index (χ0v) is 24.7. The maximum Gasteiger partial charge on any atom is 0.254 e. The van der Waals surface area contributed by atoms with Gasteiger partial charge in [-0.3, -0.25) is 4.79 Å². The fourth-order valence-electron chi connectivity index (χ4n) is 7.29. The van der Waals surface area contributed by atoms with E-state index < -0.39 is 0 Å². The molecule has 1 saturated heterocycles. The molecule has 220 valence electrons. The lowest BCUT2D eigenvalue weighted by Gasteiger charge is -2.27. The van der Waals surface area contributed by atoms with Gasteiger partial charge in [-0.1, -0.05) is 24.3 Å². The second kappa shape index (κ2) is 9.92. The minimum absolute atomic E-state index is 0.00845. The third-order valence-corrected chi connectivity index (χ3v) is 9.91. The van der Waals surface area contributed by atoms with Gasteiger partial charge in [-0.15, -0.1) is 0 Å². The number of rotatable bonds is 7. The number of methoxy groups -OCH3 is 1. The van der Waals surface area contributed by atoms with Crippen LogP contribution >= 0.6 is 0 Å². The van der Waals surface area contributed by atoms with Crippen molar-refractivity contribution in [3.63, 3.8) is 0 Å². The van der Waals surface area contributed by atoms with Crippen LogP contribution in [0.1, 0.15) is 41.6 Å². The number of imidazole rings is 1. The fraction of sp³-hybridized carbons (Fsp3) is 0.382. The highest BCUT2D eigenvalue weighted by Crippen LogP contribution is 2.40. The number of piperidine rings is 1. The standard InChI is InChI=1S/C34H37N7O2/c1-39-31-26(13-24(15-29(31)43-2)34(42)41-18-23-10-12-27(41)30(23)36)38-33(39)28-14-22-9-11-25(21-7-5-19(16-35)6-8-21)37-32(22)40(28)17-20-3-4-20/h5-9,11,13-15,20,23,27,30H,3-4,10,12,16-18,35-36H2,1-2H3. The molecular formula is C34H37N7O2. The SMILES string of the molecule is COc1cc(C(=O)N2CC3CCC2C3N)cc2nc(-c3cc4ccc(-c5ccc(CN)cc5)nc4n3CC3CC3)n(C)c12. The summed E-state index contributed by atoms with van der Waals surface area (Å²) in [6, 6.07) is 18.7. The third-order valence-electron chi connectivity index (χ3n) is 9.91. The van der Waals surface area contributed by atoms with Crippen molar-refractivity contribution < 1.29 is 9.53 Å². The van der Waals surface area contributed by atoms with E-state index in [0.29, 0.717) is 29.7 Å². The Bertz CT molecular complexity index is 1880. The molecule has 1 amide bonds. The number of aryl methyl sites for hydroxylation is 1. The molecule has 3 unspecified atom stereocenters. The predicted octanol–water partition coefficient (Wildman–Crippen LogP) is 4.70. The van der Waals surface area contributed by atoms with Crippen LogP contribution in [0, 0.1) is 11.8 Å². The molecule has 3 atom stereocenters. The van der Waals surface area contributed by atoms with Gasteiger partial charge in [0.1, 0.15) is 16.9 Å². The largest absolute Gasteiger partial charge is 0.494 e. The number of hydrogen-bond donors (Lipinski definition) is 2. The number of benzene rings is 2. The van der Waals surface area contributed by atoms with Crippen molar-refractivity contribution in [1.29, 1.82) is 0 Å². The Morgan fingerprint density at radius 2 is 1.84 bits per heavy atom. The Morgan fingerprint density at radius 3 is 2.51 bits per heavy atom.